The van der Waals surface area contributed by atoms with E-state index in [0.29, 0.717) is 12.1 Å². The second-order valence-electron chi connectivity index (χ2n) is 4.10. The van der Waals surface area contributed by atoms with Crippen molar-refractivity contribution in [1.29, 1.82) is 0 Å². The molecule has 0 aliphatic rings. The Kier molecular flexibility index (Phi) is 3.37. The van der Waals surface area contributed by atoms with E-state index in [9.17, 15) is 14.9 Å². The average molecular weight is 262 g/mol. The van der Waals surface area contributed by atoms with Crippen LogP contribution in [0, 0.1) is 10.1 Å². The minimum atomic E-state index is -0.529. The first-order valence-electron chi connectivity index (χ1n) is 5.82. The van der Waals surface area contributed by atoms with E-state index in [1.54, 1.807) is 29.1 Å². The van der Waals surface area contributed by atoms with Crippen LogP contribution in [0.1, 0.15) is 12.5 Å². The molecule has 1 aromatic heterocycles. The van der Waals surface area contributed by atoms with Crippen molar-refractivity contribution >= 4 is 11.4 Å². The van der Waals surface area contributed by atoms with Gasteiger partial charge in [0, 0.05) is 30.6 Å². The molecule has 0 saturated heterocycles. The molecular formula is C12H14N4O3. The average Bonchev–Trinajstić information content (AvgIpc) is 2.72. The van der Waals surface area contributed by atoms with Crippen LogP contribution in [0.2, 0.25) is 0 Å². The van der Waals surface area contributed by atoms with Crippen molar-refractivity contribution < 1.29 is 4.92 Å². The van der Waals surface area contributed by atoms with E-state index in [1.165, 1.54) is 10.6 Å². The van der Waals surface area contributed by atoms with Crippen LogP contribution in [0.4, 0.5) is 11.4 Å². The Morgan fingerprint density at radius 3 is 2.58 bits per heavy atom. The summed E-state index contributed by atoms with van der Waals surface area (Å²) in [5.74, 6) is 0. The van der Waals surface area contributed by atoms with Crippen molar-refractivity contribution in [3.63, 3.8) is 0 Å². The van der Waals surface area contributed by atoms with E-state index >= 15 is 0 Å². The Bertz CT molecular complexity index is 672. The van der Waals surface area contributed by atoms with E-state index in [-0.39, 0.29) is 23.6 Å². The highest BCUT2D eigenvalue weighted by Gasteiger charge is 2.15. The number of aromatic nitrogens is 2. The number of nitrogens with two attached hydrogens (primary N) is 1. The summed E-state index contributed by atoms with van der Waals surface area (Å²) >= 11 is 0. The highest BCUT2D eigenvalue weighted by molar-refractivity contribution is 5.62. The normalized spacial score (nSPS) is 10.6. The summed E-state index contributed by atoms with van der Waals surface area (Å²) in [6.07, 6.45) is 3.32. The number of aryl methyl sites for hydroxylation is 1. The van der Waals surface area contributed by atoms with Gasteiger partial charge < -0.3 is 5.73 Å². The number of nitrogens with zero attached hydrogens (tertiary/aromatic N) is 3. The number of para-hydroxylation sites is 1. The van der Waals surface area contributed by atoms with Crippen LogP contribution in [0.5, 0.6) is 0 Å². The zero-order valence-corrected chi connectivity index (χ0v) is 10.4. The largest absolute Gasteiger partial charge is 0.393 e. The van der Waals surface area contributed by atoms with Gasteiger partial charge in [-0.25, -0.2) is 4.79 Å². The maximum absolute atomic E-state index is 11.9. The second-order valence-corrected chi connectivity index (χ2v) is 4.10. The topological polar surface area (TPSA) is 96.1 Å². The summed E-state index contributed by atoms with van der Waals surface area (Å²) in [4.78, 5) is 22.2. The summed E-state index contributed by atoms with van der Waals surface area (Å²) in [7, 11) is 0. The van der Waals surface area contributed by atoms with Crippen molar-refractivity contribution in [1.82, 2.24) is 9.13 Å². The zero-order valence-electron chi connectivity index (χ0n) is 10.4. The van der Waals surface area contributed by atoms with Gasteiger partial charge in [-0.1, -0.05) is 12.1 Å². The Morgan fingerprint density at radius 2 is 2.00 bits per heavy atom. The number of hydrogen-bond acceptors (Lipinski definition) is 4. The third-order valence-corrected chi connectivity index (χ3v) is 2.97. The van der Waals surface area contributed by atoms with E-state index in [0.717, 1.165) is 0 Å². The molecule has 0 radical (unpaired) electrons. The van der Waals surface area contributed by atoms with Gasteiger partial charge in [0.1, 0.15) is 5.69 Å². The third kappa shape index (κ3) is 2.35. The number of anilines is 1. The number of imidazole rings is 1. The number of benzene rings is 1. The highest BCUT2D eigenvalue weighted by Crippen LogP contribution is 2.25. The lowest BCUT2D eigenvalue weighted by Gasteiger charge is -2.06. The van der Waals surface area contributed by atoms with Crippen molar-refractivity contribution in [3.8, 4) is 0 Å². The van der Waals surface area contributed by atoms with Crippen LogP contribution >= 0.6 is 0 Å². The summed E-state index contributed by atoms with van der Waals surface area (Å²) in [6, 6.07) is 4.59. The van der Waals surface area contributed by atoms with E-state index in [1.807, 2.05) is 6.92 Å². The quantitative estimate of drug-likeness (QED) is 0.508. The smallest absolute Gasteiger partial charge is 0.328 e. The predicted molar refractivity (Wildman–Crippen MR) is 71.0 cm³/mol. The number of rotatable bonds is 4. The van der Waals surface area contributed by atoms with Crippen LogP contribution in [-0.4, -0.2) is 14.1 Å². The van der Waals surface area contributed by atoms with E-state index in [2.05, 4.69) is 0 Å². The molecule has 1 aromatic carbocycles. The second kappa shape index (κ2) is 4.97. The van der Waals surface area contributed by atoms with E-state index < -0.39 is 4.92 Å². The molecule has 0 aliphatic heterocycles. The van der Waals surface area contributed by atoms with Gasteiger partial charge in [0.05, 0.1) is 11.5 Å². The van der Waals surface area contributed by atoms with Gasteiger partial charge in [0.2, 0.25) is 0 Å². The van der Waals surface area contributed by atoms with Gasteiger partial charge in [-0.05, 0) is 6.92 Å². The minimum absolute atomic E-state index is 0.101. The summed E-state index contributed by atoms with van der Waals surface area (Å²) < 4.78 is 3.02. The van der Waals surface area contributed by atoms with Crippen molar-refractivity contribution in [2.75, 3.05) is 5.73 Å². The summed E-state index contributed by atoms with van der Waals surface area (Å²) in [6.45, 7) is 2.67. The number of nitro groups is 1. The molecule has 100 valence electrons. The first-order chi connectivity index (χ1) is 9.04. The molecule has 0 fully saturated rings. The predicted octanol–water partition coefficient (Wildman–Crippen LogP) is 1.21. The van der Waals surface area contributed by atoms with Crippen molar-refractivity contribution in [2.45, 2.75) is 20.0 Å². The number of hydrogen-bond donors (Lipinski definition) is 1. The molecule has 0 atom stereocenters. The Balaban J connectivity index is 2.38. The Hall–Kier alpha value is -2.57. The molecule has 7 nitrogen and oxygen atoms in total. The van der Waals surface area contributed by atoms with Crippen LogP contribution < -0.4 is 11.4 Å². The molecule has 0 bridgehead atoms. The number of nitro benzene ring substituents is 1. The van der Waals surface area contributed by atoms with Crippen LogP contribution in [0.25, 0.3) is 0 Å². The molecule has 1 heterocycles. The fraction of sp³-hybridized carbons (Fsp3) is 0.250. The molecule has 0 aliphatic carbocycles. The molecule has 0 unspecified atom stereocenters. The maximum Gasteiger partial charge on any atom is 0.328 e. The molecule has 2 N–H and O–H groups in total. The first-order valence-corrected chi connectivity index (χ1v) is 5.82. The first kappa shape index (κ1) is 12.9. The van der Waals surface area contributed by atoms with Crippen molar-refractivity contribution in [2.24, 2.45) is 0 Å². The molecular weight excluding hydrogens is 248 g/mol. The monoisotopic (exact) mass is 262 g/mol. The molecule has 0 spiro atoms. The van der Waals surface area contributed by atoms with Gasteiger partial charge in [-0.15, -0.1) is 0 Å². The van der Waals surface area contributed by atoms with Crippen LogP contribution in [-0.2, 0) is 13.1 Å². The van der Waals surface area contributed by atoms with Gasteiger partial charge in [-0.3, -0.25) is 19.2 Å². The zero-order chi connectivity index (χ0) is 14.0. The third-order valence-electron chi connectivity index (χ3n) is 2.97. The fourth-order valence-electron chi connectivity index (χ4n) is 1.89. The summed E-state index contributed by atoms with van der Waals surface area (Å²) in [5, 5.41) is 10.8. The lowest BCUT2D eigenvalue weighted by atomic mass is 10.1. The summed E-state index contributed by atoms with van der Waals surface area (Å²) in [5.41, 5.74) is 6.12. The number of nitrogen functional groups attached to an aromatic ring is 1. The van der Waals surface area contributed by atoms with Crippen LogP contribution in [0.3, 0.4) is 0 Å². The highest BCUT2D eigenvalue weighted by atomic mass is 16.6. The Morgan fingerprint density at radius 1 is 1.32 bits per heavy atom. The van der Waals surface area contributed by atoms with Gasteiger partial charge in [0.15, 0.2) is 0 Å². The molecule has 7 heteroatoms. The molecule has 2 aromatic rings. The SMILES string of the molecule is CCn1ccn(Cc2cccc([N+](=O)[O-])c2N)c1=O. The molecule has 2 rings (SSSR count). The van der Waals surface area contributed by atoms with E-state index in [4.69, 9.17) is 5.73 Å². The Labute approximate surface area is 109 Å². The lowest BCUT2D eigenvalue weighted by molar-refractivity contribution is -0.383. The van der Waals surface area contributed by atoms with Crippen LogP contribution in [0.15, 0.2) is 35.4 Å². The standard InChI is InChI=1S/C12H14N4O3/c1-2-14-6-7-15(12(14)17)8-9-4-3-5-10(11(9)13)16(18)19/h3-7H,2,8,13H2,1H3. The molecule has 19 heavy (non-hydrogen) atoms. The van der Waals surface area contributed by atoms with Gasteiger partial charge >= 0.3 is 5.69 Å². The fourth-order valence-corrected chi connectivity index (χ4v) is 1.89. The maximum atomic E-state index is 11.9. The van der Waals surface area contributed by atoms with Gasteiger partial charge in [-0.2, -0.15) is 0 Å². The molecule has 0 saturated carbocycles. The minimum Gasteiger partial charge on any atom is -0.393 e. The lowest BCUT2D eigenvalue weighted by Crippen LogP contribution is -2.24. The van der Waals surface area contributed by atoms with Crippen molar-refractivity contribution in [3.05, 3.63) is 56.8 Å². The molecule has 0 amide bonds. The van der Waals surface area contributed by atoms with Gasteiger partial charge in [0.25, 0.3) is 5.69 Å².